The number of aromatic amines is 1. The van der Waals surface area contributed by atoms with Gasteiger partial charge < -0.3 is 9.32 Å². The molecule has 144 valence electrons. The highest BCUT2D eigenvalue weighted by molar-refractivity contribution is 7.89. The van der Waals surface area contributed by atoms with Gasteiger partial charge in [-0.2, -0.15) is 4.31 Å². The van der Waals surface area contributed by atoms with Gasteiger partial charge in [-0.25, -0.2) is 13.2 Å². The Kier molecular flexibility index (Phi) is 5.55. The molecular formula is C18H27N3O4S. The fourth-order valence-electron chi connectivity index (χ4n) is 3.40. The van der Waals surface area contributed by atoms with Crippen molar-refractivity contribution in [2.75, 3.05) is 26.7 Å². The fraction of sp³-hybridized carbons (Fsp3) is 0.611. The highest BCUT2D eigenvalue weighted by Crippen LogP contribution is 2.25. The third-order valence-corrected chi connectivity index (χ3v) is 7.03. The zero-order valence-corrected chi connectivity index (χ0v) is 16.4. The van der Waals surface area contributed by atoms with E-state index in [1.807, 2.05) is 0 Å². The summed E-state index contributed by atoms with van der Waals surface area (Å²) in [5.41, 5.74) is 0.763. The summed E-state index contributed by atoms with van der Waals surface area (Å²) >= 11 is 0. The molecule has 1 aliphatic rings. The fourth-order valence-corrected chi connectivity index (χ4v) is 4.89. The second kappa shape index (κ2) is 7.54. The van der Waals surface area contributed by atoms with E-state index in [-0.39, 0.29) is 10.5 Å². The Morgan fingerprint density at radius 3 is 2.65 bits per heavy atom. The summed E-state index contributed by atoms with van der Waals surface area (Å²) in [6.07, 6.45) is 2.81. The van der Waals surface area contributed by atoms with Crippen molar-refractivity contribution in [3.8, 4) is 0 Å². The van der Waals surface area contributed by atoms with Crippen molar-refractivity contribution in [3.63, 3.8) is 0 Å². The molecule has 26 heavy (non-hydrogen) atoms. The number of aromatic nitrogens is 1. The molecule has 0 radical (unpaired) electrons. The Morgan fingerprint density at radius 1 is 1.31 bits per heavy atom. The summed E-state index contributed by atoms with van der Waals surface area (Å²) in [5.74, 6) is 0.0844. The largest absolute Gasteiger partial charge is 0.417 e. The maximum absolute atomic E-state index is 12.9. The van der Waals surface area contributed by atoms with Crippen LogP contribution in [-0.4, -0.2) is 55.3 Å². The SMILES string of the molecule is CC(C)CCN(C)C1CCN(S(=O)(=O)c2ccc3[nH]c(=O)oc3c2)CC1. The topological polar surface area (TPSA) is 86.6 Å². The Bertz CT molecular complexity index is 908. The van der Waals surface area contributed by atoms with E-state index in [2.05, 4.69) is 30.8 Å². The van der Waals surface area contributed by atoms with Gasteiger partial charge in [0.05, 0.1) is 10.4 Å². The summed E-state index contributed by atoms with van der Waals surface area (Å²) < 4.78 is 32.3. The first-order valence-corrected chi connectivity index (χ1v) is 10.5. The van der Waals surface area contributed by atoms with Crippen LogP contribution in [0.4, 0.5) is 0 Å². The Morgan fingerprint density at radius 2 is 2.00 bits per heavy atom. The molecule has 1 N–H and O–H groups in total. The molecule has 0 atom stereocenters. The number of rotatable bonds is 6. The number of fused-ring (bicyclic) bond motifs is 1. The molecule has 0 amide bonds. The molecule has 3 rings (SSSR count). The molecule has 2 aromatic rings. The second-order valence-electron chi connectivity index (χ2n) is 7.47. The van der Waals surface area contributed by atoms with Gasteiger partial charge in [-0.1, -0.05) is 13.8 Å². The number of sulfonamides is 1. The minimum absolute atomic E-state index is 0.166. The van der Waals surface area contributed by atoms with Gasteiger partial charge in [0.15, 0.2) is 5.58 Å². The lowest BCUT2D eigenvalue weighted by Crippen LogP contribution is -2.45. The predicted octanol–water partition coefficient (Wildman–Crippen LogP) is 2.25. The van der Waals surface area contributed by atoms with Crippen molar-refractivity contribution in [1.82, 2.24) is 14.2 Å². The molecule has 0 saturated carbocycles. The van der Waals surface area contributed by atoms with Crippen LogP contribution in [0.15, 0.2) is 32.3 Å². The van der Waals surface area contributed by atoms with Crippen LogP contribution in [0.5, 0.6) is 0 Å². The summed E-state index contributed by atoms with van der Waals surface area (Å²) in [6.45, 7) is 6.49. The maximum Gasteiger partial charge on any atom is 0.417 e. The van der Waals surface area contributed by atoms with Crippen LogP contribution in [0.2, 0.25) is 0 Å². The number of piperidine rings is 1. The zero-order chi connectivity index (χ0) is 18.9. The summed E-state index contributed by atoms with van der Waals surface area (Å²) in [6, 6.07) is 4.93. The maximum atomic E-state index is 12.9. The van der Waals surface area contributed by atoms with Gasteiger partial charge in [0.25, 0.3) is 0 Å². The first-order valence-electron chi connectivity index (χ1n) is 9.10. The molecule has 1 saturated heterocycles. The number of nitrogens with zero attached hydrogens (tertiary/aromatic N) is 2. The van der Waals surface area contributed by atoms with Crippen molar-refractivity contribution in [1.29, 1.82) is 0 Å². The normalized spacial score (nSPS) is 17.6. The zero-order valence-electron chi connectivity index (χ0n) is 15.6. The van der Waals surface area contributed by atoms with E-state index in [0.29, 0.717) is 30.6 Å². The molecule has 0 unspecified atom stereocenters. The summed E-state index contributed by atoms with van der Waals surface area (Å²) in [4.78, 5) is 16.3. The van der Waals surface area contributed by atoms with Crippen molar-refractivity contribution < 1.29 is 12.8 Å². The minimum atomic E-state index is -3.58. The molecule has 0 aliphatic carbocycles. The number of hydrogen-bond donors (Lipinski definition) is 1. The van der Waals surface area contributed by atoms with E-state index in [9.17, 15) is 13.2 Å². The van der Waals surface area contributed by atoms with E-state index in [0.717, 1.165) is 25.8 Å². The first-order chi connectivity index (χ1) is 12.3. The second-order valence-corrected chi connectivity index (χ2v) is 9.41. The smallest absolute Gasteiger partial charge is 0.408 e. The van der Waals surface area contributed by atoms with Crippen LogP contribution in [0.25, 0.3) is 11.1 Å². The minimum Gasteiger partial charge on any atom is -0.408 e. The first kappa shape index (κ1) is 19.1. The van der Waals surface area contributed by atoms with Crippen LogP contribution >= 0.6 is 0 Å². The Hall–Kier alpha value is -1.64. The molecule has 2 heterocycles. The third-order valence-electron chi connectivity index (χ3n) is 5.14. The molecule has 1 fully saturated rings. The molecule has 1 aromatic heterocycles. The van der Waals surface area contributed by atoms with Crippen molar-refractivity contribution in [3.05, 3.63) is 28.7 Å². The van der Waals surface area contributed by atoms with Gasteiger partial charge in [0.2, 0.25) is 10.0 Å². The van der Waals surface area contributed by atoms with Crippen molar-refractivity contribution >= 4 is 21.1 Å². The van der Waals surface area contributed by atoms with Gasteiger partial charge in [-0.3, -0.25) is 4.98 Å². The van der Waals surface area contributed by atoms with Crippen molar-refractivity contribution in [2.24, 2.45) is 5.92 Å². The van der Waals surface area contributed by atoms with Crippen LogP contribution in [0.1, 0.15) is 33.1 Å². The van der Waals surface area contributed by atoms with E-state index in [1.54, 1.807) is 6.07 Å². The molecular weight excluding hydrogens is 354 g/mol. The number of H-pyrrole nitrogens is 1. The molecule has 7 nitrogen and oxygen atoms in total. The van der Waals surface area contributed by atoms with Gasteiger partial charge in [0.1, 0.15) is 0 Å². The lowest BCUT2D eigenvalue weighted by molar-refractivity contribution is 0.162. The van der Waals surface area contributed by atoms with E-state index in [1.165, 1.54) is 16.4 Å². The van der Waals surface area contributed by atoms with Gasteiger partial charge >= 0.3 is 5.76 Å². The average molecular weight is 381 g/mol. The van der Waals surface area contributed by atoms with Gasteiger partial charge in [0, 0.05) is 25.2 Å². The number of hydrogen-bond acceptors (Lipinski definition) is 5. The number of benzene rings is 1. The third kappa shape index (κ3) is 4.02. The van der Waals surface area contributed by atoms with Gasteiger partial charge in [-0.05, 0) is 50.9 Å². The molecule has 8 heteroatoms. The van der Waals surface area contributed by atoms with Gasteiger partial charge in [-0.15, -0.1) is 0 Å². The lowest BCUT2D eigenvalue weighted by atomic mass is 10.0. The highest BCUT2D eigenvalue weighted by atomic mass is 32.2. The van der Waals surface area contributed by atoms with Crippen LogP contribution in [0, 0.1) is 5.92 Å². The Labute approximate surface area is 154 Å². The van der Waals surface area contributed by atoms with E-state index < -0.39 is 15.8 Å². The Balaban J connectivity index is 1.68. The van der Waals surface area contributed by atoms with E-state index in [4.69, 9.17) is 4.42 Å². The van der Waals surface area contributed by atoms with Crippen molar-refractivity contribution in [2.45, 2.75) is 44.0 Å². The molecule has 0 spiro atoms. The predicted molar refractivity (Wildman–Crippen MR) is 101 cm³/mol. The number of oxazole rings is 1. The standard InChI is InChI=1S/C18H27N3O4S/c1-13(2)6-9-20(3)14-7-10-21(11-8-14)26(23,24)15-4-5-16-17(12-15)25-18(22)19-16/h4-5,12-14H,6-11H2,1-3H3,(H,19,22). The summed E-state index contributed by atoms with van der Waals surface area (Å²) in [5, 5.41) is 0. The summed E-state index contributed by atoms with van der Waals surface area (Å²) in [7, 11) is -1.46. The van der Waals surface area contributed by atoms with E-state index >= 15 is 0 Å². The number of nitrogens with one attached hydrogen (secondary N) is 1. The molecule has 1 aliphatic heterocycles. The quantitative estimate of drug-likeness (QED) is 0.829. The van der Waals surface area contributed by atoms with Crippen LogP contribution in [0.3, 0.4) is 0 Å². The van der Waals surface area contributed by atoms with Crippen LogP contribution < -0.4 is 5.76 Å². The average Bonchev–Trinajstić information content (AvgIpc) is 2.98. The van der Waals surface area contributed by atoms with Crippen LogP contribution in [-0.2, 0) is 10.0 Å². The monoisotopic (exact) mass is 381 g/mol. The molecule has 0 bridgehead atoms. The molecule has 1 aromatic carbocycles. The lowest BCUT2D eigenvalue weighted by Gasteiger charge is -2.36. The highest BCUT2D eigenvalue weighted by Gasteiger charge is 2.31.